The zero-order valence-electron chi connectivity index (χ0n) is 18.5. The molecular formula is C24H22N4O4S2. The van der Waals surface area contributed by atoms with E-state index in [1.165, 1.54) is 23.3 Å². The lowest BCUT2D eigenvalue weighted by molar-refractivity contribution is 0.205. The number of methoxy groups -OCH3 is 1. The fraction of sp³-hybridized carbons (Fsp3) is 0.208. The summed E-state index contributed by atoms with van der Waals surface area (Å²) in [6, 6.07) is 12.1. The molecule has 4 heterocycles. The Morgan fingerprint density at radius 1 is 1.21 bits per heavy atom. The number of hydrogen-bond donors (Lipinski definition) is 2. The van der Waals surface area contributed by atoms with Gasteiger partial charge in [0, 0.05) is 17.1 Å². The van der Waals surface area contributed by atoms with Gasteiger partial charge in [-0.2, -0.15) is 4.98 Å². The summed E-state index contributed by atoms with van der Waals surface area (Å²) in [6.45, 7) is 2.39. The number of thiophene rings is 2. The summed E-state index contributed by atoms with van der Waals surface area (Å²) in [4.78, 5) is 21.6. The highest BCUT2D eigenvalue weighted by atomic mass is 32.1. The number of phenolic OH excluding ortho intramolecular Hbond substituents is 1. The van der Waals surface area contributed by atoms with E-state index in [1.807, 2.05) is 35.9 Å². The van der Waals surface area contributed by atoms with Crippen molar-refractivity contribution in [3.63, 3.8) is 0 Å². The van der Waals surface area contributed by atoms with Gasteiger partial charge < -0.3 is 19.7 Å². The molecule has 1 aromatic carbocycles. The molecule has 0 saturated carbocycles. The predicted molar refractivity (Wildman–Crippen MR) is 131 cm³/mol. The van der Waals surface area contributed by atoms with Crippen LogP contribution in [0, 0.1) is 0 Å². The third kappa shape index (κ3) is 4.17. The minimum absolute atomic E-state index is 0.0174. The molecule has 0 bridgehead atoms. The van der Waals surface area contributed by atoms with Gasteiger partial charge in [-0.25, -0.2) is 4.79 Å². The average Bonchev–Trinajstić information content (AvgIpc) is 3.61. The number of nitrogens with zero attached hydrogens (tertiary/aromatic N) is 3. The fourth-order valence-electron chi connectivity index (χ4n) is 3.98. The molecule has 8 nitrogen and oxygen atoms in total. The van der Waals surface area contributed by atoms with E-state index in [4.69, 9.17) is 9.26 Å². The molecule has 0 fully saturated rings. The number of rotatable bonds is 7. The van der Waals surface area contributed by atoms with Gasteiger partial charge in [-0.1, -0.05) is 23.4 Å². The number of aromatic nitrogens is 2. The van der Waals surface area contributed by atoms with Crippen LogP contribution in [0.15, 0.2) is 63.4 Å². The van der Waals surface area contributed by atoms with Crippen molar-refractivity contribution >= 4 is 34.3 Å². The van der Waals surface area contributed by atoms with Crippen LogP contribution in [0.2, 0.25) is 0 Å². The first-order chi connectivity index (χ1) is 16.5. The molecule has 174 valence electrons. The Kier molecular flexibility index (Phi) is 6.08. The second kappa shape index (κ2) is 9.32. The van der Waals surface area contributed by atoms with Crippen LogP contribution in [0.4, 0.5) is 4.79 Å². The highest BCUT2D eigenvalue weighted by Crippen LogP contribution is 2.40. The van der Waals surface area contributed by atoms with Crippen LogP contribution in [0.1, 0.15) is 29.3 Å². The molecule has 0 spiro atoms. The Balaban J connectivity index is 1.56. The smallest absolute Gasteiger partial charge is 0.322 e. The molecule has 10 heteroatoms. The maximum atomic E-state index is 13.2. The van der Waals surface area contributed by atoms with Crippen molar-refractivity contribution in [3.8, 4) is 22.2 Å². The molecular weight excluding hydrogens is 472 g/mol. The van der Waals surface area contributed by atoms with E-state index in [1.54, 1.807) is 34.4 Å². The van der Waals surface area contributed by atoms with Crippen molar-refractivity contribution < 1.29 is 19.2 Å². The molecule has 5 rings (SSSR count). The van der Waals surface area contributed by atoms with E-state index in [-0.39, 0.29) is 11.8 Å². The molecule has 1 unspecified atom stereocenters. The Labute approximate surface area is 204 Å². The first kappa shape index (κ1) is 22.2. The Morgan fingerprint density at radius 2 is 2.03 bits per heavy atom. The van der Waals surface area contributed by atoms with Gasteiger partial charge in [0.2, 0.25) is 5.82 Å². The van der Waals surface area contributed by atoms with Gasteiger partial charge in [0.25, 0.3) is 5.89 Å². The van der Waals surface area contributed by atoms with Crippen LogP contribution in [0.5, 0.6) is 11.5 Å². The zero-order valence-corrected chi connectivity index (χ0v) is 20.2. The number of hydrogen-bond acceptors (Lipinski definition) is 8. The van der Waals surface area contributed by atoms with E-state index in [2.05, 4.69) is 21.5 Å². The number of aromatic hydroxyl groups is 1. The largest absolute Gasteiger partial charge is 0.504 e. The van der Waals surface area contributed by atoms with Crippen molar-refractivity contribution in [2.75, 3.05) is 13.7 Å². The van der Waals surface area contributed by atoms with Crippen molar-refractivity contribution in [2.45, 2.75) is 19.4 Å². The van der Waals surface area contributed by atoms with Crippen molar-refractivity contribution in [2.24, 2.45) is 0 Å². The number of ether oxygens (including phenoxy) is 1. The Hall–Kier alpha value is -3.63. The van der Waals surface area contributed by atoms with Gasteiger partial charge in [-0.15, -0.1) is 22.7 Å². The van der Waals surface area contributed by atoms with Gasteiger partial charge in [0.1, 0.15) is 0 Å². The summed E-state index contributed by atoms with van der Waals surface area (Å²) in [5.41, 5.74) is 2.09. The normalized spacial score (nSPS) is 16.1. The topological polar surface area (TPSA) is 101 Å². The second-order valence-electron chi connectivity index (χ2n) is 7.69. The van der Waals surface area contributed by atoms with Gasteiger partial charge in [-0.05, 0) is 53.9 Å². The molecule has 34 heavy (non-hydrogen) atoms. The molecule has 4 aromatic rings. The lowest BCUT2D eigenvalue weighted by Gasteiger charge is -2.35. The van der Waals surface area contributed by atoms with E-state index in [9.17, 15) is 9.90 Å². The van der Waals surface area contributed by atoms with Crippen molar-refractivity contribution in [3.05, 3.63) is 75.3 Å². The molecule has 2 amide bonds. The van der Waals surface area contributed by atoms with Crippen LogP contribution in [0.25, 0.3) is 16.3 Å². The molecule has 1 aliphatic heterocycles. The predicted octanol–water partition coefficient (Wildman–Crippen LogP) is 5.31. The summed E-state index contributed by atoms with van der Waals surface area (Å²) in [6.07, 6.45) is 0.730. The Bertz CT molecular complexity index is 1330. The van der Waals surface area contributed by atoms with Crippen LogP contribution >= 0.6 is 22.7 Å². The van der Waals surface area contributed by atoms with Gasteiger partial charge in [0.15, 0.2) is 11.5 Å². The minimum atomic E-state index is -0.584. The van der Waals surface area contributed by atoms with Crippen LogP contribution < -0.4 is 10.1 Å². The highest BCUT2D eigenvalue weighted by Gasteiger charge is 2.36. The van der Waals surface area contributed by atoms with E-state index in [0.29, 0.717) is 35.1 Å². The summed E-state index contributed by atoms with van der Waals surface area (Å²) in [5, 5.41) is 21.6. The number of benzene rings is 1. The van der Waals surface area contributed by atoms with E-state index >= 15 is 0 Å². The maximum Gasteiger partial charge on any atom is 0.322 e. The molecule has 2 N–H and O–H groups in total. The minimum Gasteiger partial charge on any atom is -0.504 e. The fourth-order valence-corrected chi connectivity index (χ4v) is 5.33. The van der Waals surface area contributed by atoms with E-state index < -0.39 is 6.04 Å². The third-order valence-corrected chi connectivity index (χ3v) is 7.49. The summed E-state index contributed by atoms with van der Waals surface area (Å²) < 4.78 is 10.9. The summed E-state index contributed by atoms with van der Waals surface area (Å²) >= 11 is 3.18. The Morgan fingerprint density at radius 3 is 2.74 bits per heavy atom. The zero-order chi connectivity index (χ0) is 23.7. The maximum absolute atomic E-state index is 13.2. The number of phenols is 1. The van der Waals surface area contributed by atoms with E-state index in [0.717, 1.165) is 17.0 Å². The van der Waals surface area contributed by atoms with Crippen molar-refractivity contribution in [1.29, 1.82) is 0 Å². The van der Waals surface area contributed by atoms with Crippen LogP contribution in [-0.2, 0) is 6.42 Å². The first-order valence-electron chi connectivity index (χ1n) is 10.6. The van der Waals surface area contributed by atoms with Gasteiger partial charge in [-0.3, -0.25) is 4.90 Å². The standard InChI is InChI=1S/C24H22N4O4S2/c1-14-20(23-26-22(27-32-23)19-6-4-12-34-19)21(15-7-8-18(31-2)17(29)13-15)25-24(30)28(14)10-9-16-5-3-11-33-16/h3-8,11-13,21,29H,9-10H2,1-2H3,(H,25,30). The second-order valence-corrected chi connectivity index (χ2v) is 9.67. The van der Waals surface area contributed by atoms with Gasteiger partial charge >= 0.3 is 6.03 Å². The molecule has 0 saturated heterocycles. The lowest BCUT2D eigenvalue weighted by atomic mass is 9.94. The summed E-state index contributed by atoms with van der Waals surface area (Å²) in [7, 11) is 1.49. The van der Waals surface area contributed by atoms with Crippen LogP contribution in [-0.4, -0.2) is 39.8 Å². The number of urea groups is 1. The first-order valence-corrected chi connectivity index (χ1v) is 12.4. The SMILES string of the molecule is COc1ccc(C2NC(=O)N(CCc3cccs3)C(C)=C2c2nc(-c3cccs3)no2)cc1O. The quantitative estimate of drug-likeness (QED) is 0.361. The molecule has 1 aliphatic rings. The number of nitrogens with one attached hydrogen (secondary N) is 1. The monoisotopic (exact) mass is 494 g/mol. The molecule has 0 aliphatic carbocycles. The number of carbonyl (C=O) groups excluding carboxylic acids is 1. The average molecular weight is 495 g/mol. The third-order valence-electron chi connectivity index (χ3n) is 5.69. The molecule has 0 radical (unpaired) electrons. The number of carbonyl (C=O) groups is 1. The lowest BCUT2D eigenvalue weighted by Crippen LogP contribution is -2.46. The number of amides is 2. The molecule has 1 atom stereocenters. The van der Waals surface area contributed by atoms with Gasteiger partial charge in [0.05, 0.1) is 23.6 Å². The molecule has 3 aromatic heterocycles. The van der Waals surface area contributed by atoms with Crippen LogP contribution in [0.3, 0.4) is 0 Å². The highest BCUT2D eigenvalue weighted by molar-refractivity contribution is 7.13. The number of allylic oxidation sites excluding steroid dienone is 1. The van der Waals surface area contributed by atoms with Crippen molar-refractivity contribution in [1.82, 2.24) is 20.4 Å². The summed E-state index contributed by atoms with van der Waals surface area (Å²) in [5.74, 6) is 1.14.